The smallest absolute Gasteiger partial charge is 0.854 e. The molecule has 0 aromatic rings. The average molecular weight is 755 g/mol. The zero-order chi connectivity index (χ0) is 33.5. The Bertz CT molecular complexity index is 501. The fourth-order valence-corrected chi connectivity index (χ4v) is 1.32. The third-order valence-electron chi connectivity index (χ3n) is 3.10. The van der Waals surface area contributed by atoms with E-state index < -0.39 is 40.4 Å². The number of carbonyl (C=O) groups excluding carboxylic acids is 6. The summed E-state index contributed by atoms with van der Waals surface area (Å²) < 4.78 is 0. The molecular formula is C26H39Mn3O13P. The van der Waals surface area contributed by atoms with E-state index in [0.29, 0.717) is 0 Å². The van der Waals surface area contributed by atoms with Crippen molar-refractivity contribution in [2.75, 3.05) is 26.4 Å². The second-order valence-electron chi connectivity index (χ2n) is 5.37. The van der Waals surface area contributed by atoms with Crippen LogP contribution in [0.1, 0.15) is 19.3 Å². The van der Waals surface area contributed by atoms with Crippen molar-refractivity contribution < 1.29 is 115 Å². The number of rotatable bonds is 4. The Morgan fingerprint density at radius 2 is 0.674 bits per heavy atom. The second kappa shape index (κ2) is 90.0. The van der Waals surface area contributed by atoms with E-state index in [1.165, 1.54) is 0 Å². The zero-order valence-corrected chi connectivity index (χ0v) is 27.9. The van der Waals surface area contributed by atoms with Crippen molar-refractivity contribution in [1.29, 1.82) is 0 Å². The molecule has 3 aliphatic carbocycles. The predicted molar refractivity (Wildman–Crippen MR) is 145 cm³/mol. The van der Waals surface area contributed by atoms with Gasteiger partial charge in [0.15, 0.2) is 0 Å². The molecule has 3 rings (SSSR count). The molecule has 0 bridgehead atoms. The minimum Gasteiger partial charge on any atom is -0.854 e. The largest absolute Gasteiger partial charge is 2.00 e. The monoisotopic (exact) mass is 755 g/mol. The third-order valence-corrected chi connectivity index (χ3v) is 3.10. The first-order valence-corrected chi connectivity index (χ1v) is 11.2. The molecule has 0 aliphatic heterocycles. The summed E-state index contributed by atoms with van der Waals surface area (Å²) >= 11 is 0. The van der Waals surface area contributed by atoms with Crippen LogP contribution in [0.2, 0.25) is 0 Å². The van der Waals surface area contributed by atoms with Gasteiger partial charge in [-0.05, 0) is 0 Å². The molecule has 3 aliphatic rings. The summed E-state index contributed by atoms with van der Waals surface area (Å²) in [6, 6.07) is 0. The Labute approximate surface area is 287 Å². The van der Waals surface area contributed by atoms with E-state index in [0.717, 1.165) is 19.3 Å². The Balaban J connectivity index is -0.0000000303. The molecule has 0 amide bonds. The molecule has 0 unspecified atom stereocenters. The molecule has 0 fully saturated rings. The SMILES string of the molecule is C=O.C=O.C=O.C=O.C=O.C=O.OCC(CO)(CO)CO.[C-]1=CC=CC1.[C-]1=CC=CC1.[C-]1=CC=CC1.[Mn+2].[Mn+2].[Mn+2].[O-]P([O-])[O-]. The normalized spacial score (nSPS) is 10.0. The first kappa shape index (κ1) is 73.0. The third kappa shape index (κ3) is 92.4. The van der Waals surface area contributed by atoms with Crippen molar-refractivity contribution >= 4 is 49.3 Å². The molecule has 0 aromatic carbocycles. The van der Waals surface area contributed by atoms with Crippen LogP contribution in [0.3, 0.4) is 0 Å². The van der Waals surface area contributed by atoms with Gasteiger partial charge in [-0.3, -0.25) is 18.2 Å². The Hall–Kier alpha value is -1.83. The topological polar surface area (TPSA) is 253 Å². The van der Waals surface area contributed by atoms with Crippen LogP contribution in [0.15, 0.2) is 54.7 Å². The van der Waals surface area contributed by atoms with Crippen LogP contribution in [0, 0.1) is 23.6 Å². The van der Waals surface area contributed by atoms with Gasteiger partial charge in [0.1, 0.15) is 40.7 Å². The van der Waals surface area contributed by atoms with Crippen LogP contribution >= 0.6 is 8.60 Å². The minimum absolute atomic E-state index is 0. The molecule has 0 saturated heterocycles. The summed E-state index contributed by atoms with van der Waals surface area (Å²) in [5.41, 5.74) is -1.11. The van der Waals surface area contributed by atoms with Gasteiger partial charge < -0.3 is 72.5 Å². The summed E-state index contributed by atoms with van der Waals surface area (Å²) in [6.45, 7) is 10.4. The number of aliphatic hydroxyl groups is 4. The molecular weight excluding hydrogens is 716 g/mol. The maximum absolute atomic E-state index is 8.50. The number of carbonyl (C=O) groups is 6. The number of hydrogen-bond acceptors (Lipinski definition) is 13. The van der Waals surface area contributed by atoms with Gasteiger partial charge in [-0.25, -0.2) is 36.5 Å². The molecule has 4 N–H and O–H groups in total. The standard InChI is InChI=1S/C5H12O4.3C5H5.6CH2O.3Mn.O3P/c6-1-5(2-7,3-8)4-9;3*1-2-4-5-3-1;6*1-2;;;;1-4(2)3/h6-9H,1-4H2;3*1-3H,4H2;6*1H2;;;;/q;3*-1;;;;;;;3*+2;-3. The number of hydrogen-bond donors (Lipinski definition) is 4. The van der Waals surface area contributed by atoms with Gasteiger partial charge in [0.25, 0.3) is 0 Å². The van der Waals surface area contributed by atoms with Gasteiger partial charge >= 0.3 is 51.2 Å². The molecule has 247 valence electrons. The maximum atomic E-state index is 8.50. The average Bonchev–Trinajstić information content (AvgIpc) is 3.88. The van der Waals surface area contributed by atoms with Gasteiger partial charge in [0.05, 0.1) is 31.8 Å². The summed E-state index contributed by atoms with van der Waals surface area (Å²) in [7, 11) is -3.37. The van der Waals surface area contributed by atoms with E-state index in [-0.39, 0.29) is 51.2 Å². The summed E-state index contributed by atoms with van der Waals surface area (Å²) in [6.07, 6.45) is 30.0. The van der Waals surface area contributed by atoms with E-state index >= 15 is 0 Å². The van der Waals surface area contributed by atoms with Crippen LogP contribution in [-0.2, 0) is 80.0 Å². The van der Waals surface area contributed by atoms with Gasteiger partial charge in [-0.1, -0.05) is 0 Å². The molecule has 43 heavy (non-hydrogen) atoms. The molecule has 3 radical (unpaired) electrons. The Morgan fingerprint density at radius 3 is 0.698 bits per heavy atom. The van der Waals surface area contributed by atoms with E-state index in [1.54, 1.807) is 0 Å². The quantitative estimate of drug-likeness (QED) is 0.138. The van der Waals surface area contributed by atoms with Gasteiger partial charge in [-0.2, -0.15) is 18.2 Å². The van der Waals surface area contributed by atoms with Crippen molar-refractivity contribution in [2.24, 2.45) is 5.41 Å². The van der Waals surface area contributed by atoms with Crippen molar-refractivity contribution in [1.82, 2.24) is 0 Å². The molecule has 0 atom stereocenters. The van der Waals surface area contributed by atoms with Crippen LogP contribution in [0.25, 0.3) is 0 Å². The fraction of sp³-hybridized carbons (Fsp3) is 0.308. The Kier molecular flexibility index (Phi) is 153. The zero-order valence-electron chi connectivity index (χ0n) is 23.4. The van der Waals surface area contributed by atoms with Gasteiger partial charge in [-0.15, -0.1) is 19.3 Å². The molecule has 0 aromatic heterocycles. The number of aliphatic hydroxyl groups excluding tert-OH is 4. The summed E-state index contributed by atoms with van der Waals surface area (Å²) in [4.78, 5) is 73.4. The first-order valence-electron chi connectivity index (χ1n) is 10.1. The van der Waals surface area contributed by atoms with Crippen molar-refractivity contribution in [2.45, 2.75) is 19.3 Å². The van der Waals surface area contributed by atoms with Crippen molar-refractivity contribution in [3.05, 3.63) is 72.9 Å². The number of allylic oxidation sites excluding steroid dienone is 12. The summed E-state index contributed by atoms with van der Waals surface area (Å²) in [5.74, 6) is 0. The molecule has 17 heteroatoms. The molecule has 0 saturated carbocycles. The minimum atomic E-state index is -3.37. The molecule has 0 heterocycles. The van der Waals surface area contributed by atoms with E-state index in [4.69, 9.17) is 63.9 Å². The van der Waals surface area contributed by atoms with Gasteiger partial charge in [0.2, 0.25) is 0 Å². The van der Waals surface area contributed by atoms with Crippen LogP contribution in [0.5, 0.6) is 0 Å². The van der Waals surface area contributed by atoms with Crippen LogP contribution in [0.4, 0.5) is 0 Å². The summed E-state index contributed by atoms with van der Waals surface area (Å²) in [5, 5.41) is 34.0. The van der Waals surface area contributed by atoms with E-state index in [2.05, 4.69) is 36.5 Å². The van der Waals surface area contributed by atoms with Crippen LogP contribution < -0.4 is 14.7 Å². The second-order valence-corrected chi connectivity index (χ2v) is 5.81. The van der Waals surface area contributed by atoms with Gasteiger partial charge in [0, 0.05) is 0 Å². The Morgan fingerprint density at radius 1 is 0.512 bits per heavy atom. The fourth-order valence-electron chi connectivity index (χ4n) is 1.32. The van der Waals surface area contributed by atoms with Crippen LogP contribution in [-0.4, -0.2) is 87.6 Å². The van der Waals surface area contributed by atoms with E-state index in [9.17, 15) is 0 Å². The predicted octanol–water partition coefficient (Wildman–Crippen LogP) is -1.96. The van der Waals surface area contributed by atoms with Crippen molar-refractivity contribution in [3.63, 3.8) is 0 Å². The molecule has 0 spiro atoms. The first-order chi connectivity index (χ1) is 19.5. The maximum Gasteiger partial charge on any atom is 2.00 e. The molecule has 13 nitrogen and oxygen atoms in total. The van der Waals surface area contributed by atoms with E-state index in [1.807, 2.05) is 77.2 Å². The van der Waals surface area contributed by atoms with Crippen molar-refractivity contribution in [3.8, 4) is 0 Å².